The third-order valence-corrected chi connectivity index (χ3v) is 0.514. The highest BCUT2D eigenvalue weighted by atomic mass is 16.5. The number of hydrogen-bond donors (Lipinski definition) is 0. The van der Waals surface area contributed by atoms with E-state index < -0.39 is 0 Å². The Labute approximate surface area is 41.8 Å². The number of ether oxygens (including phenoxy) is 1. The van der Waals surface area contributed by atoms with Crippen LogP contribution in [0.25, 0.3) is 0 Å². The van der Waals surface area contributed by atoms with Gasteiger partial charge in [-0.05, 0) is 6.08 Å². The van der Waals surface area contributed by atoms with Crippen LogP contribution in [0.1, 0.15) is 0 Å². The maximum absolute atomic E-state index is 4.63. The molecule has 0 atom stereocenters. The number of rotatable bonds is 0. The van der Waals surface area contributed by atoms with Gasteiger partial charge in [-0.15, -0.1) is 0 Å². The maximum atomic E-state index is 4.63. The molecule has 2 heteroatoms. The highest BCUT2D eigenvalue weighted by Gasteiger charge is 1.70. The Balaban J connectivity index is 2.60. The molecule has 7 heavy (non-hydrogen) atoms. The fourth-order valence-electron chi connectivity index (χ4n) is 0.265. The third kappa shape index (κ3) is 1.22. The zero-order valence-electron chi connectivity index (χ0n) is 3.66. The molecule has 0 aromatic heterocycles. The lowest BCUT2D eigenvalue weighted by Gasteiger charge is -1.78. The van der Waals surface area contributed by atoms with Crippen molar-refractivity contribution in [1.29, 1.82) is 0 Å². The predicted molar refractivity (Wildman–Crippen MR) is 26.5 cm³/mol. The molecule has 1 aliphatic rings. The summed E-state index contributed by atoms with van der Waals surface area (Å²) in [5.74, 6) is 0. The molecule has 0 fully saturated rings. The molecule has 1 heterocycles. The third-order valence-electron chi connectivity index (χ3n) is 0.514. The molecule has 0 aliphatic carbocycles. The van der Waals surface area contributed by atoms with Gasteiger partial charge in [0, 0.05) is 12.3 Å². The minimum Gasteiger partial charge on any atom is -0.453 e. The van der Waals surface area contributed by atoms with Gasteiger partial charge in [0.15, 0.2) is 6.40 Å². The smallest absolute Gasteiger partial charge is 0.180 e. The molecule has 0 saturated carbocycles. The SMILES string of the molecule is [C]1=CN=COC=C1. The predicted octanol–water partition coefficient (Wildman–Crippen LogP) is 0.875. The Bertz CT molecular complexity index is 110. The summed E-state index contributed by atoms with van der Waals surface area (Å²) in [5, 5.41) is 0. The molecule has 0 bridgehead atoms. The Morgan fingerprint density at radius 3 is 3.57 bits per heavy atom. The molecule has 1 aliphatic heterocycles. The van der Waals surface area contributed by atoms with Crippen LogP contribution in [0.3, 0.4) is 0 Å². The van der Waals surface area contributed by atoms with Crippen LogP contribution in [0, 0.1) is 6.08 Å². The van der Waals surface area contributed by atoms with Crippen molar-refractivity contribution in [3.63, 3.8) is 0 Å². The van der Waals surface area contributed by atoms with Crippen molar-refractivity contribution in [2.45, 2.75) is 0 Å². The standard InChI is InChI=1S/C5H4NO/c1-2-4-7-5-6-3-1/h2-5H. The van der Waals surface area contributed by atoms with E-state index >= 15 is 0 Å². The normalized spacial score (nSPS) is 16.0. The molecule has 0 spiro atoms. The van der Waals surface area contributed by atoms with Crippen LogP contribution < -0.4 is 0 Å². The Morgan fingerprint density at radius 1 is 1.57 bits per heavy atom. The van der Waals surface area contributed by atoms with Crippen LogP contribution in [0.15, 0.2) is 23.5 Å². The van der Waals surface area contributed by atoms with Crippen molar-refractivity contribution in [1.82, 2.24) is 0 Å². The number of hydrogen-bond acceptors (Lipinski definition) is 2. The monoisotopic (exact) mass is 94.0 g/mol. The molecule has 2 nitrogen and oxygen atoms in total. The van der Waals surface area contributed by atoms with Crippen molar-refractivity contribution in [3.8, 4) is 0 Å². The van der Waals surface area contributed by atoms with E-state index in [2.05, 4.69) is 15.8 Å². The summed E-state index contributed by atoms with van der Waals surface area (Å²) in [6, 6.07) is 0. The Morgan fingerprint density at radius 2 is 2.57 bits per heavy atom. The first-order valence-corrected chi connectivity index (χ1v) is 1.90. The van der Waals surface area contributed by atoms with Gasteiger partial charge in [-0.3, -0.25) is 0 Å². The van der Waals surface area contributed by atoms with Crippen LogP contribution in [0.4, 0.5) is 0 Å². The summed E-state index contributed by atoms with van der Waals surface area (Å²) in [6.07, 6.45) is 8.75. The first-order chi connectivity index (χ1) is 3.50. The zero-order chi connectivity index (χ0) is 4.95. The molecule has 1 radical (unpaired) electrons. The number of nitrogens with zero attached hydrogens (tertiary/aromatic N) is 1. The fourth-order valence-corrected chi connectivity index (χ4v) is 0.265. The van der Waals surface area contributed by atoms with Crippen molar-refractivity contribution >= 4 is 6.40 Å². The minimum atomic E-state index is 1.34. The van der Waals surface area contributed by atoms with E-state index in [0.717, 1.165) is 0 Å². The van der Waals surface area contributed by atoms with Gasteiger partial charge in [0.05, 0.1) is 6.26 Å². The van der Waals surface area contributed by atoms with Crippen molar-refractivity contribution in [2.24, 2.45) is 4.99 Å². The second-order valence-electron chi connectivity index (χ2n) is 0.989. The summed E-state index contributed by atoms with van der Waals surface area (Å²) in [7, 11) is 0. The average molecular weight is 94.1 g/mol. The van der Waals surface area contributed by atoms with E-state index in [-0.39, 0.29) is 0 Å². The van der Waals surface area contributed by atoms with Crippen LogP contribution in [-0.4, -0.2) is 6.40 Å². The number of allylic oxidation sites excluding steroid dienone is 2. The van der Waals surface area contributed by atoms with Gasteiger partial charge in [-0.25, -0.2) is 4.99 Å². The summed E-state index contributed by atoms with van der Waals surface area (Å²) in [4.78, 5) is 3.62. The highest BCUT2D eigenvalue weighted by molar-refractivity contribution is 5.48. The summed E-state index contributed by atoms with van der Waals surface area (Å²) >= 11 is 0. The van der Waals surface area contributed by atoms with Crippen LogP contribution in [0.2, 0.25) is 0 Å². The first-order valence-electron chi connectivity index (χ1n) is 1.90. The van der Waals surface area contributed by atoms with Crippen molar-refractivity contribution in [3.05, 3.63) is 24.6 Å². The van der Waals surface area contributed by atoms with Crippen LogP contribution in [0.5, 0.6) is 0 Å². The lowest BCUT2D eigenvalue weighted by Crippen LogP contribution is -1.68. The van der Waals surface area contributed by atoms with Gasteiger partial charge < -0.3 is 4.74 Å². The van der Waals surface area contributed by atoms with E-state index in [1.807, 2.05) is 0 Å². The largest absolute Gasteiger partial charge is 0.453 e. The van der Waals surface area contributed by atoms with Crippen molar-refractivity contribution < 1.29 is 4.74 Å². The molecule has 0 amide bonds. The minimum absolute atomic E-state index is 1.34. The van der Waals surface area contributed by atoms with Crippen molar-refractivity contribution in [2.75, 3.05) is 0 Å². The zero-order valence-corrected chi connectivity index (χ0v) is 3.66. The van der Waals surface area contributed by atoms with Gasteiger partial charge in [-0.2, -0.15) is 0 Å². The van der Waals surface area contributed by atoms with Gasteiger partial charge in [-0.1, -0.05) is 0 Å². The summed E-state index contributed by atoms with van der Waals surface area (Å²) in [6.45, 7) is 0. The van der Waals surface area contributed by atoms with E-state index in [1.54, 1.807) is 6.08 Å². The molecule has 0 unspecified atom stereocenters. The molecule has 0 N–H and O–H groups in total. The van der Waals surface area contributed by atoms with Crippen LogP contribution >= 0.6 is 0 Å². The second kappa shape index (κ2) is 2.18. The molecule has 0 aromatic carbocycles. The Hall–Kier alpha value is -1.05. The molecule has 1 rings (SSSR count). The average Bonchev–Trinajstić information content (AvgIpc) is 1.90. The van der Waals surface area contributed by atoms with Gasteiger partial charge >= 0.3 is 0 Å². The molecule has 0 saturated heterocycles. The molecule has 35 valence electrons. The molecular formula is C5H4NO. The highest BCUT2D eigenvalue weighted by Crippen LogP contribution is 1.82. The van der Waals surface area contributed by atoms with E-state index in [9.17, 15) is 0 Å². The first kappa shape index (κ1) is 4.12. The van der Waals surface area contributed by atoms with Crippen LogP contribution in [-0.2, 0) is 4.74 Å². The number of aliphatic imine (C=N–C) groups is 1. The summed E-state index contributed by atoms with van der Waals surface area (Å²) < 4.78 is 4.63. The lowest BCUT2D eigenvalue weighted by molar-refractivity contribution is 0.495. The van der Waals surface area contributed by atoms with E-state index in [1.165, 1.54) is 18.9 Å². The lowest BCUT2D eigenvalue weighted by atomic mass is 10.6. The van der Waals surface area contributed by atoms with E-state index in [4.69, 9.17) is 0 Å². The van der Waals surface area contributed by atoms with Gasteiger partial charge in [0.1, 0.15) is 0 Å². The van der Waals surface area contributed by atoms with Gasteiger partial charge in [0.2, 0.25) is 0 Å². The topological polar surface area (TPSA) is 21.6 Å². The second-order valence-corrected chi connectivity index (χ2v) is 0.989. The quantitative estimate of drug-likeness (QED) is 0.436. The Kier molecular flexibility index (Phi) is 1.28. The van der Waals surface area contributed by atoms with E-state index in [0.29, 0.717) is 0 Å². The fraction of sp³-hybridized carbons (Fsp3) is 0. The molecular weight excluding hydrogens is 90.1 g/mol. The maximum Gasteiger partial charge on any atom is 0.180 e. The van der Waals surface area contributed by atoms with Gasteiger partial charge in [0.25, 0.3) is 0 Å². The molecule has 0 aromatic rings. The summed E-state index contributed by atoms with van der Waals surface area (Å²) in [5.41, 5.74) is 0.